The molecular weight excluding hydrogens is 337 g/mol. The average Bonchev–Trinajstić information content (AvgIpc) is 3.22. The summed E-state index contributed by atoms with van der Waals surface area (Å²) in [5.74, 6) is 1.06. The molecule has 7 heteroatoms. The summed E-state index contributed by atoms with van der Waals surface area (Å²) >= 11 is 0. The van der Waals surface area contributed by atoms with Gasteiger partial charge in [0.05, 0.1) is 24.3 Å². The molecule has 1 unspecified atom stereocenters. The molecule has 1 saturated heterocycles. The highest BCUT2D eigenvalue weighted by Crippen LogP contribution is 2.28. The maximum absolute atomic E-state index is 14.2. The van der Waals surface area contributed by atoms with Crippen LogP contribution in [0.4, 0.5) is 4.39 Å². The summed E-state index contributed by atoms with van der Waals surface area (Å²) in [5.41, 5.74) is 1.08. The van der Waals surface area contributed by atoms with Gasteiger partial charge in [-0.15, -0.1) is 0 Å². The highest BCUT2D eigenvalue weighted by molar-refractivity contribution is 5.79. The first-order valence-corrected chi connectivity index (χ1v) is 8.82. The van der Waals surface area contributed by atoms with E-state index in [0.717, 1.165) is 18.7 Å². The van der Waals surface area contributed by atoms with Crippen molar-refractivity contribution in [2.75, 3.05) is 26.7 Å². The molecule has 0 saturated carbocycles. The Kier molecular flexibility index (Phi) is 5.56. The monoisotopic (exact) mass is 361 g/mol. The number of rotatable bonds is 6. The first-order valence-electron chi connectivity index (χ1n) is 8.82. The molecule has 1 aromatic heterocycles. The molecule has 6 nitrogen and oxygen atoms in total. The Bertz CT molecular complexity index is 790. The van der Waals surface area contributed by atoms with E-state index in [2.05, 4.69) is 15.2 Å². The Morgan fingerprint density at radius 3 is 3.00 bits per heavy atom. The van der Waals surface area contributed by atoms with Gasteiger partial charge in [-0.3, -0.25) is 9.69 Å². The van der Waals surface area contributed by atoms with Crippen LogP contribution in [0.2, 0.25) is 0 Å². The number of nitrogens with zero attached hydrogens (tertiary/aromatic N) is 2. The molecule has 1 amide bonds. The number of carbonyl (C=O) groups excluding carboxylic acids is 1. The number of nitrogens with one attached hydrogen (secondary N) is 1. The van der Waals surface area contributed by atoms with Gasteiger partial charge in [0.25, 0.3) is 0 Å². The van der Waals surface area contributed by atoms with Crippen molar-refractivity contribution in [2.24, 2.45) is 5.92 Å². The third-order valence-electron chi connectivity index (χ3n) is 4.67. The molecule has 0 spiro atoms. The molecule has 0 aliphatic carbocycles. The molecule has 0 bridgehead atoms. The van der Waals surface area contributed by atoms with Crippen molar-refractivity contribution in [3.05, 3.63) is 35.5 Å². The van der Waals surface area contributed by atoms with Crippen LogP contribution in [0.1, 0.15) is 24.8 Å². The maximum atomic E-state index is 14.2. The zero-order valence-corrected chi connectivity index (χ0v) is 15.3. The van der Waals surface area contributed by atoms with E-state index in [0.29, 0.717) is 36.7 Å². The predicted molar refractivity (Wildman–Crippen MR) is 95.3 cm³/mol. The lowest BCUT2D eigenvalue weighted by molar-refractivity contribution is -0.124. The second-order valence-electron chi connectivity index (χ2n) is 6.48. The van der Waals surface area contributed by atoms with E-state index < -0.39 is 5.82 Å². The van der Waals surface area contributed by atoms with Crippen molar-refractivity contribution in [2.45, 2.75) is 26.8 Å². The minimum absolute atomic E-state index is 0.0145. The number of methoxy groups -OCH3 is 1. The van der Waals surface area contributed by atoms with E-state index in [1.54, 1.807) is 12.1 Å². The zero-order chi connectivity index (χ0) is 18.7. The first-order chi connectivity index (χ1) is 12.5. The van der Waals surface area contributed by atoms with Crippen LogP contribution in [0.5, 0.6) is 5.75 Å². The van der Waals surface area contributed by atoms with E-state index in [1.807, 2.05) is 13.8 Å². The number of aryl methyl sites for hydroxylation is 1. The topological polar surface area (TPSA) is 67.6 Å². The number of ether oxygens (including phenoxy) is 1. The zero-order valence-electron chi connectivity index (χ0n) is 15.3. The molecule has 140 valence electrons. The molecule has 26 heavy (non-hydrogen) atoms. The lowest BCUT2D eigenvalue weighted by atomic mass is 10.1. The van der Waals surface area contributed by atoms with Gasteiger partial charge in [-0.1, -0.05) is 0 Å². The van der Waals surface area contributed by atoms with Gasteiger partial charge in [-0.25, -0.2) is 9.37 Å². The molecule has 1 N–H and O–H groups in total. The van der Waals surface area contributed by atoms with E-state index in [9.17, 15) is 9.18 Å². The molecule has 2 heterocycles. The van der Waals surface area contributed by atoms with E-state index in [-0.39, 0.29) is 17.7 Å². The Morgan fingerprint density at radius 2 is 2.31 bits per heavy atom. The molecule has 1 aromatic carbocycles. The van der Waals surface area contributed by atoms with E-state index in [1.165, 1.54) is 13.2 Å². The van der Waals surface area contributed by atoms with Crippen LogP contribution in [0, 0.1) is 18.7 Å². The van der Waals surface area contributed by atoms with Crippen LogP contribution in [-0.2, 0) is 11.3 Å². The summed E-state index contributed by atoms with van der Waals surface area (Å²) in [6.07, 6.45) is 0.836. The quantitative estimate of drug-likeness (QED) is 0.857. The summed E-state index contributed by atoms with van der Waals surface area (Å²) in [4.78, 5) is 18.6. The molecule has 0 radical (unpaired) electrons. The third-order valence-corrected chi connectivity index (χ3v) is 4.67. The summed E-state index contributed by atoms with van der Waals surface area (Å²) in [6.45, 7) is 6.51. The standard InChI is InChI=1S/C19H24FN3O3/c1-4-21-18(24)13-7-8-23(10-13)11-17-12(2)26-19(22-17)15-6-5-14(25-3)9-16(15)20/h5-6,9,13H,4,7-8,10-11H2,1-3H3,(H,21,24). The van der Waals surface area contributed by atoms with Crippen molar-refractivity contribution >= 4 is 5.91 Å². The minimum atomic E-state index is -0.436. The van der Waals surface area contributed by atoms with Crippen LogP contribution < -0.4 is 10.1 Å². The number of likely N-dealkylation sites (tertiary alicyclic amines) is 1. The molecule has 1 atom stereocenters. The third kappa shape index (κ3) is 3.88. The SMILES string of the molecule is CCNC(=O)C1CCN(Cc2nc(-c3ccc(OC)cc3F)oc2C)C1. The summed E-state index contributed by atoms with van der Waals surface area (Å²) in [5, 5.41) is 2.87. The lowest BCUT2D eigenvalue weighted by Crippen LogP contribution is -2.32. The van der Waals surface area contributed by atoms with Gasteiger partial charge in [-0.2, -0.15) is 0 Å². The highest BCUT2D eigenvalue weighted by atomic mass is 19.1. The summed E-state index contributed by atoms with van der Waals surface area (Å²) in [7, 11) is 1.49. The van der Waals surface area contributed by atoms with Crippen molar-refractivity contribution in [3.63, 3.8) is 0 Å². The molecule has 1 aliphatic rings. The number of carbonyl (C=O) groups is 1. The van der Waals surface area contributed by atoms with Crippen molar-refractivity contribution in [1.29, 1.82) is 0 Å². The van der Waals surface area contributed by atoms with Crippen LogP contribution in [-0.4, -0.2) is 42.5 Å². The van der Waals surface area contributed by atoms with E-state index in [4.69, 9.17) is 9.15 Å². The second-order valence-corrected chi connectivity index (χ2v) is 6.48. The van der Waals surface area contributed by atoms with Crippen LogP contribution >= 0.6 is 0 Å². The number of hydrogen-bond donors (Lipinski definition) is 1. The van der Waals surface area contributed by atoms with Crippen molar-refractivity contribution in [1.82, 2.24) is 15.2 Å². The van der Waals surface area contributed by atoms with Gasteiger partial charge in [0, 0.05) is 25.7 Å². The molecular formula is C19H24FN3O3. The highest BCUT2D eigenvalue weighted by Gasteiger charge is 2.29. The summed E-state index contributed by atoms with van der Waals surface area (Å²) < 4.78 is 24.9. The second kappa shape index (κ2) is 7.86. The largest absolute Gasteiger partial charge is 0.497 e. The van der Waals surface area contributed by atoms with Crippen LogP contribution in [0.15, 0.2) is 22.6 Å². The molecule has 1 aliphatic heterocycles. The first kappa shape index (κ1) is 18.4. The number of amides is 1. The number of aromatic nitrogens is 1. The van der Waals surface area contributed by atoms with Crippen molar-refractivity contribution < 1.29 is 18.3 Å². The number of oxazole rings is 1. The molecule has 2 aromatic rings. The van der Waals surface area contributed by atoms with Gasteiger partial charge < -0.3 is 14.5 Å². The average molecular weight is 361 g/mol. The number of halogens is 1. The minimum Gasteiger partial charge on any atom is -0.497 e. The fourth-order valence-electron chi connectivity index (χ4n) is 3.21. The van der Waals surface area contributed by atoms with Gasteiger partial charge in [0.15, 0.2) is 0 Å². The lowest BCUT2D eigenvalue weighted by Gasteiger charge is -2.14. The van der Waals surface area contributed by atoms with Crippen LogP contribution in [0.3, 0.4) is 0 Å². The Hall–Kier alpha value is -2.41. The van der Waals surface area contributed by atoms with E-state index >= 15 is 0 Å². The van der Waals surface area contributed by atoms with Gasteiger partial charge >= 0.3 is 0 Å². The van der Waals surface area contributed by atoms with Gasteiger partial charge in [-0.05, 0) is 38.9 Å². The Morgan fingerprint density at radius 1 is 1.50 bits per heavy atom. The summed E-state index contributed by atoms with van der Waals surface area (Å²) in [6, 6.07) is 4.59. The number of hydrogen-bond acceptors (Lipinski definition) is 5. The Balaban J connectivity index is 1.70. The Labute approximate surface area is 152 Å². The van der Waals surface area contributed by atoms with Crippen molar-refractivity contribution in [3.8, 4) is 17.2 Å². The van der Waals surface area contributed by atoms with Gasteiger partial charge in [0.1, 0.15) is 17.3 Å². The molecule has 3 rings (SSSR count). The number of benzene rings is 1. The maximum Gasteiger partial charge on any atom is 0.229 e. The fraction of sp³-hybridized carbons (Fsp3) is 0.474. The fourth-order valence-corrected chi connectivity index (χ4v) is 3.21. The predicted octanol–water partition coefficient (Wildman–Crippen LogP) is 2.76. The normalized spacial score (nSPS) is 17.5. The van der Waals surface area contributed by atoms with Gasteiger partial charge in [0.2, 0.25) is 11.8 Å². The molecule has 1 fully saturated rings. The smallest absolute Gasteiger partial charge is 0.229 e. The van der Waals surface area contributed by atoms with Crippen LogP contribution in [0.25, 0.3) is 11.5 Å².